The van der Waals surface area contributed by atoms with Crippen molar-refractivity contribution >= 4 is 34.7 Å². The maximum atomic E-state index is 14.2. The number of anilines is 1. The van der Waals surface area contributed by atoms with Gasteiger partial charge in [0.25, 0.3) is 0 Å². The largest absolute Gasteiger partial charge is 0.299 e. The van der Waals surface area contributed by atoms with E-state index in [1.807, 2.05) is 78.9 Å². The van der Waals surface area contributed by atoms with E-state index in [9.17, 15) is 14.4 Å². The minimum Gasteiger partial charge on any atom is -0.299 e. The molecule has 38 heavy (non-hydrogen) atoms. The summed E-state index contributed by atoms with van der Waals surface area (Å²) < 4.78 is 0. The third-order valence-electron chi connectivity index (χ3n) is 8.32. The zero-order chi connectivity index (χ0) is 26.0. The van der Waals surface area contributed by atoms with E-state index in [1.54, 1.807) is 31.2 Å². The Morgan fingerprint density at radius 1 is 0.684 bits per heavy atom. The fourth-order valence-corrected chi connectivity index (χ4v) is 6.90. The highest BCUT2D eigenvalue weighted by Gasteiger charge is 2.69. The van der Waals surface area contributed by atoms with Crippen LogP contribution in [0.3, 0.4) is 0 Å². The van der Waals surface area contributed by atoms with Crippen molar-refractivity contribution in [2.75, 3.05) is 4.90 Å². The SMILES string of the molecule is CC(=O)C12c3ccccc3C(c3ccccc31)[C@H]1C(=O)N(c3ccc(N=Nc4ccccc4)cc3)C(=O)[C@@H]12. The molecule has 0 spiro atoms. The van der Waals surface area contributed by atoms with Gasteiger partial charge >= 0.3 is 0 Å². The molecule has 1 aliphatic heterocycles. The summed E-state index contributed by atoms with van der Waals surface area (Å²) in [7, 11) is 0. The Kier molecular flexibility index (Phi) is 4.82. The predicted octanol–water partition coefficient (Wildman–Crippen LogP) is 6.24. The summed E-state index contributed by atoms with van der Waals surface area (Å²) in [5, 5.41) is 8.50. The van der Waals surface area contributed by atoms with Crippen LogP contribution >= 0.6 is 0 Å². The van der Waals surface area contributed by atoms with E-state index in [0.29, 0.717) is 11.4 Å². The van der Waals surface area contributed by atoms with Crippen molar-refractivity contribution in [2.24, 2.45) is 22.1 Å². The highest BCUT2D eigenvalue weighted by molar-refractivity contribution is 6.25. The summed E-state index contributed by atoms with van der Waals surface area (Å²) in [5.74, 6) is -2.44. The smallest absolute Gasteiger partial charge is 0.239 e. The minimum absolute atomic E-state index is 0.120. The van der Waals surface area contributed by atoms with Crippen molar-refractivity contribution in [3.8, 4) is 0 Å². The number of benzene rings is 4. The highest BCUT2D eigenvalue weighted by atomic mass is 16.2. The maximum Gasteiger partial charge on any atom is 0.239 e. The molecule has 0 unspecified atom stereocenters. The molecule has 8 rings (SSSR count). The van der Waals surface area contributed by atoms with Crippen molar-refractivity contribution in [1.82, 2.24) is 0 Å². The lowest BCUT2D eigenvalue weighted by Gasteiger charge is -2.52. The lowest BCUT2D eigenvalue weighted by molar-refractivity contribution is -0.132. The number of imide groups is 1. The van der Waals surface area contributed by atoms with Crippen LogP contribution in [-0.4, -0.2) is 17.6 Å². The summed E-state index contributed by atoms with van der Waals surface area (Å²) in [6.45, 7) is 1.54. The van der Waals surface area contributed by atoms with Crippen LogP contribution in [0.2, 0.25) is 0 Å². The van der Waals surface area contributed by atoms with Gasteiger partial charge in [-0.05, 0) is 65.6 Å². The average Bonchev–Trinajstić information content (AvgIpc) is 3.23. The molecule has 0 aromatic heterocycles. The zero-order valence-corrected chi connectivity index (χ0v) is 20.6. The van der Waals surface area contributed by atoms with Gasteiger partial charge in [-0.25, -0.2) is 4.90 Å². The van der Waals surface area contributed by atoms with Crippen LogP contribution < -0.4 is 4.90 Å². The Balaban J connectivity index is 1.33. The number of amides is 2. The third kappa shape index (κ3) is 2.85. The first-order valence-electron chi connectivity index (χ1n) is 12.7. The van der Waals surface area contributed by atoms with Crippen molar-refractivity contribution in [3.63, 3.8) is 0 Å². The Hall–Kier alpha value is -4.71. The molecule has 2 bridgehead atoms. The first-order chi connectivity index (χ1) is 18.5. The molecule has 0 saturated carbocycles. The lowest BCUT2D eigenvalue weighted by atomic mass is 9.46. The molecular formula is C32H23N3O3. The Morgan fingerprint density at radius 3 is 1.79 bits per heavy atom. The van der Waals surface area contributed by atoms with E-state index < -0.39 is 17.3 Å². The van der Waals surface area contributed by atoms with Crippen LogP contribution in [0.15, 0.2) is 113 Å². The highest BCUT2D eigenvalue weighted by Crippen LogP contribution is 2.64. The number of Topliss-reactive ketones (excluding diaryl/α,β-unsaturated/α-hetero) is 1. The van der Waals surface area contributed by atoms with Gasteiger partial charge < -0.3 is 0 Å². The second-order valence-electron chi connectivity index (χ2n) is 10.1. The molecule has 1 heterocycles. The molecule has 0 N–H and O–H groups in total. The van der Waals surface area contributed by atoms with E-state index in [0.717, 1.165) is 27.9 Å². The Labute approximate surface area is 219 Å². The Morgan fingerprint density at radius 2 is 1.21 bits per heavy atom. The number of carbonyl (C=O) groups excluding carboxylic acids is 3. The van der Waals surface area contributed by atoms with Gasteiger partial charge in [0.05, 0.1) is 34.3 Å². The number of ketones is 1. The Bertz CT molecular complexity index is 1610. The van der Waals surface area contributed by atoms with Gasteiger partial charge in [0, 0.05) is 5.92 Å². The molecule has 6 nitrogen and oxygen atoms in total. The van der Waals surface area contributed by atoms with Crippen LogP contribution in [0.1, 0.15) is 35.1 Å². The van der Waals surface area contributed by atoms with E-state index in [-0.39, 0.29) is 23.5 Å². The second kappa shape index (κ2) is 8.15. The molecule has 2 atom stereocenters. The normalized spacial score (nSPS) is 24.9. The number of azo groups is 1. The van der Waals surface area contributed by atoms with Crippen molar-refractivity contribution < 1.29 is 14.4 Å². The quantitative estimate of drug-likeness (QED) is 0.247. The van der Waals surface area contributed by atoms with Gasteiger partial charge in [-0.2, -0.15) is 10.2 Å². The average molecular weight is 498 g/mol. The number of rotatable bonds is 4. The second-order valence-corrected chi connectivity index (χ2v) is 10.1. The lowest BCUT2D eigenvalue weighted by Crippen LogP contribution is -2.57. The van der Waals surface area contributed by atoms with Gasteiger partial charge in [0.15, 0.2) is 0 Å². The molecule has 4 aliphatic rings. The topological polar surface area (TPSA) is 79.2 Å². The minimum atomic E-state index is -1.20. The number of carbonyl (C=O) groups is 3. The number of hydrogen-bond acceptors (Lipinski definition) is 5. The van der Waals surface area contributed by atoms with Crippen molar-refractivity contribution in [3.05, 3.63) is 125 Å². The summed E-state index contributed by atoms with van der Waals surface area (Å²) in [5.41, 5.74) is 4.22. The molecular weight excluding hydrogens is 474 g/mol. The summed E-state index contributed by atoms with van der Waals surface area (Å²) in [6, 6.07) is 31.9. The molecule has 1 fully saturated rings. The molecule has 4 aromatic rings. The fourth-order valence-electron chi connectivity index (χ4n) is 6.90. The van der Waals surface area contributed by atoms with E-state index in [4.69, 9.17) is 0 Å². The maximum absolute atomic E-state index is 14.2. The third-order valence-corrected chi connectivity index (χ3v) is 8.32. The van der Waals surface area contributed by atoms with Crippen molar-refractivity contribution in [2.45, 2.75) is 18.3 Å². The van der Waals surface area contributed by atoms with Gasteiger partial charge in [-0.3, -0.25) is 14.4 Å². The first kappa shape index (κ1) is 22.5. The van der Waals surface area contributed by atoms with E-state index in [2.05, 4.69) is 10.2 Å². The van der Waals surface area contributed by atoms with Gasteiger partial charge in [0.2, 0.25) is 11.8 Å². The summed E-state index contributed by atoms with van der Waals surface area (Å²) in [4.78, 5) is 43.2. The molecule has 3 aliphatic carbocycles. The summed E-state index contributed by atoms with van der Waals surface area (Å²) in [6.07, 6.45) is 0. The molecule has 4 aromatic carbocycles. The zero-order valence-electron chi connectivity index (χ0n) is 20.6. The van der Waals surface area contributed by atoms with Crippen LogP contribution in [0.25, 0.3) is 0 Å². The number of hydrogen-bond donors (Lipinski definition) is 0. The summed E-state index contributed by atoms with van der Waals surface area (Å²) >= 11 is 0. The molecule has 1 saturated heterocycles. The molecule has 2 amide bonds. The molecule has 6 heteroatoms. The standard InChI is InChI=1S/C32H23N3O3/c1-19(36)32-25-13-7-5-11-23(25)27(24-12-6-8-14-26(24)32)28-29(32)31(38)35(30(28)37)22-17-15-21(16-18-22)34-33-20-9-3-2-4-10-20/h2-18,27-29H,1H3/t27?,28-,29-,32?/m1/s1. The fraction of sp³-hybridized carbons (Fsp3) is 0.156. The van der Waals surface area contributed by atoms with E-state index >= 15 is 0 Å². The van der Waals surface area contributed by atoms with Crippen LogP contribution in [0.5, 0.6) is 0 Å². The monoisotopic (exact) mass is 497 g/mol. The predicted molar refractivity (Wildman–Crippen MR) is 143 cm³/mol. The van der Waals surface area contributed by atoms with Gasteiger partial charge in [0.1, 0.15) is 5.78 Å². The first-order valence-corrected chi connectivity index (χ1v) is 12.7. The van der Waals surface area contributed by atoms with Crippen LogP contribution in [0, 0.1) is 11.8 Å². The molecule has 0 radical (unpaired) electrons. The van der Waals surface area contributed by atoms with E-state index in [1.165, 1.54) is 4.90 Å². The van der Waals surface area contributed by atoms with Crippen LogP contribution in [0.4, 0.5) is 17.1 Å². The van der Waals surface area contributed by atoms with Crippen LogP contribution in [-0.2, 0) is 19.8 Å². The van der Waals surface area contributed by atoms with Gasteiger partial charge in [-0.1, -0.05) is 66.7 Å². The molecule has 184 valence electrons. The van der Waals surface area contributed by atoms with Crippen molar-refractivity contribution in [1.29, 1.82) is 0 Å². The number of nitrogens with zero attached hydrogens (tertiary/aromatic N) is 3. The van der Waals surface area contributed by atoms with Gasteiger partial charge in [-0.15, -0.1) is 0 Å².